The number of benzene rings is 1. The normalized spacial score (nSPS) is 15.7. The van der Waals surface area contributed by atoms with Gasteiger partial charge in [-0.25, -0.2) is 4.98 Å². The van der Waals surface area contributed by atoms with Gasteiger partial charge in [-0.15, -0.1) is 0 Å². The molecule has 2 aromatic heterocycles. The second-order valence-corrected chi connectivity index (χ2v) is 7.90. The summed E-state index contributed by atoms with van der Waals surface area (Å²) >= 11 is 0. The Labute approximate surface area is 182 Å². The zero-order chi connectivity index (χ0) is 21.6. The van der Waals surface area contributed by atoms with Crippen molar-refractivity contribution in [3.05, 3.63) is 65.6 Å². The summed E-state index contributed by atoms with van der Waals surface area (Å²) in [4.78, 5) is 19.1. The third-order valence-corrected chi connectivity index (χ3v) is 5.52. The van der Waals surface area contributed by atoms with Crippen molar-refractivity contribution in [1.82, 2.24) is 15.2 Å². The van der Waals surface area contributed by atoms with Gasteiger partial charge in [-0.3, -0.25) is 9.69 Å². The molecule has 0 bridgehead atoms. The predicted molar refractivity (Wildman–Crippen MR) is 117 cm³/mol. The molecule has 1 atom stereocenters. The lowest BCUT2D eigenvalue weighted by Gasteiger charge is -2.33. The Bertz CT molecular complexity index is 986. The minimum Gasteiger partial charge on any atom is -0.465 e. The zero-order valence-electron chi connectivity index (χ0n) is 18.1. The molecule has 164 valence electrons. The Morgan fingerprint density at radius 2 is 1.87 bits per heavy atom. The quantitative estimate of drug-likeness (QED) is 0.595. The highest BCUT2D eigenvalue weighted by Gasteiger charge is 2.25. The van der Waals surface area contributed by atoms with Crippen molar-refractivity contribution in [3.8, 4) is 11.3 Å². The van der Waals surface area contributed by atoms with Crippen molar-refractivity contribution < 1.29 is 18.4 Å². The van der Waals surface area contributed by atoms with Gasteiger partial charge in [-0.1, -0.05) is 29.8 Å². The van der Waals surface area contributed by atoms with Crippen LogP contribution in [0.4, 0.5) is 0 Å². The number of oxazole rings is 1. The van der Waals surface area contributed by atoms with E-state index in [9.17, 15) is 4.79 Å². The molecule has 1 aliphatic rings. The van der Waals surface area contributed by atoms with E-state index in [0.717, 1.165) is 35.9 Å². The number of ether oxygens (including phenoxy) is 1. The van der Waals surface area contributed by atoms with Gasteiger partial charge in [0.05, 0.1) is 25.5 Å². The van der Waals surface area contributed by atoms with E-state index < -0.39 is 0 Å². The van der Waals surface area contributed by atoms with E-state index in [1.165, 1.54) is 5.56 Å². The van der Waals surface area contributed by atoms with Crippen molar-refractivity contribution in [2.45, 2.75) is 32.7 Å². The molecule has 3 aromatic rings. The number of nitrogens with one attached hydrogen (secondary N) is 1. The maximum absolute atomic E-state index is 12.5. The van der Waals surface area contributed by atoms with Crippen LogP contribution in [0.2, 0.25) is 0 Å². The predicted octanol–water partition coefficient (Wildman–Crippen LogP) is 3.67. The number of morpholine rings is 1. The summed E-state index contributed by atoms with van der Waals surface area (Å²) in [5, 5.41) is 3.05. The Kier molecular flexibility index (Phi) is 6.84. The van der Waals surface area contributed by atoms with Gasteiger partial charge >= 0.3 is 0 Å². The maximum Gasteiger partial charge on any atom is 0.220 e. The molecule has 1 fully saturated rings. The first-order valence-corrected chi connectivity index (χ1v) is 10.7. The number of aromatic nitrogens is 1. The third kappa shape index (κ3) is 5.62. The van der Waals surface area contributed by atoms with Gasteiger partial charge in [0.25, 0.3) is 0 Å². The molecule has 0 radical (unpaired) electrons. The number of aryl methyl sites for hydroxylation is 3. The summed E-state index contributed by atoms with van der Waals surface area (Å²) < 4.78 is 17.1. The van der Waals surface area contributed by atoms with Gasteiger partial charge in [0.1, 0.15) is 11.5 Å². The standard InChI is InChI=1S/C24H29N3O4/c1-17-3-6-19(7-4-17)22-16-26-24(31-22)10-9-23(28)25-15-20(21-8-5-18(2)30-21)27-11-13-29-14-12-27/h3-8,16,20H,9-15H2,1-2H3,(H,25,28). The number of nitrogens with zero attached hydrogens (tertiary/aromatic N) is 2. The molecule has 1 aliphatic heterocycles. The average molecular weight is 424 g/mol. The van der Waals surface area contributed by atoms with Crippen LogP contribution >= 0.6 is 0 Å². The lowest BCUT2D eigenvalue weighted by Crippen LogP contribution is -2.43. The van der Waals surface area contributed by atoms with Gasteiger partial charge in [0.15, 0.2) is 11.7 Å². The van der Waals surface area contributed by atoms with Crippen LogP contribution in [0.25, 0.3) is 11.3 Å². The SMILES string of the molecule is Cc1ccc(-c2cnc(CCC(=O)NCC(c3ccc(C)o3)N3CCOCC3)o2)cc1. The number of hydrogen-bond acceptors (Lipinski definition) is 6. The first-order chi connectivity index (χ1) is 15.1. The van der Waals surface area contributed by atoms with Gasteiger partial charge < -0.3 is 18.9 Å². The molecule has 1 saturated heterocycles. The molecular formula is C24H29N3O4. The Hall–Kier alpha value is -2.90. The smallest absolute Gasteiger partial charge is 0.220 e. The molecule has 4 rings (SSSR count). The Morgan fingerprint density at radius 1 is 1.10 bits per heavy atom. The van der Waals surface area contributed by atoms with Crippen LogP contribution in [0.5, 0.6) is 0 Å². The molecule has 0 saturated carbocycles. The van der Waals surface area contributed by atoms with Gasteiger partial charge in [-0.2, -0.15) is 0 Å². The first-order valence-electron chi connectivity index (χ1n) is 10.7. The highest BCUT2D eigenvalue weighted by molar-refractivity contribution is 5.76. The van der Waals surface area contributed by atoms with E-state index >= 15 is 0 Å². The lowest BCUT2D eigenvalue weighted by molar-refractivity contribution is -0.121. The monoisotopic (exact) mass is 423 g/mol. The largest absolute Gasteiger partial charge is 0.465 e. The molecule has 0 aliphatic carbocycles. The van der Waals surface area contributed by atoms with Crippen LogP contribution in [0.1, 0.15) is 35.4 Å². The van der Waals surface area contributed by atoms with Gasteiger partial charge in [0, 0.05) is 38.0 Å². The topological polar surface area (TPSA) is 80.7 Å². The highest BCUT2D eigenvalue weighted by atomic mass is 16.5. The molecular weight excluding hydrogens is 394 g/mol. The molecule has 1 unspecified atom stereocenters. The van der Waals surface area contributed by atoms with Crippen molar-refractivity contribution in [3.63, 3.8) is 0 Å². The molecule has 1 N–H and O–H groups in total. The highest BCUT2D eigenvalue weighted by Crippen LogP contribution is 2.24. The molecule has 7 nitrogen and oxygen atoms in total. The summed E-state index contributed by atoms with van der Waals surface area (Å²) in [5.74, 6) is 2.99. The summed E-state index contributed by atoms with van der Waals surface area (Å²) in [6, 6.07) is 12.0. The molecule has 1 amide bonds. The van der Waals surface area contributed by atoms with E-state index in [0.29, 0.717) is 38.5 Å². The fraction of sp³-hybridized carbons (Fsp3) is 0.417. The van der Waals surface area contributed by atoms with Crippen LogP contribution in [-0.2, 0) is 16.0 Å². The lowest BCUT2D eigenvalue weighted by atomic mass is 10.1. The molecule has 7 heteroatoms. The van der Waals surface area contributed by atoms with E-state index in [2.05, 4.69) is 15.2 Å². The number of furan rings is 1. The summed E-state index contributed by atoms with van der Waals surface area (Å²) in [6.07, 6.45) is 2.49. The van der Waals surface area contributed by atoms with Gasteiger partial charge in [-0.05, 0) is 26.0 Å². The first kappa shape index (κ1) is 21.3. The average Bonchev–Trinajstić information content (AvgIpc) is 3.43. The minimum absolute atomic E-state index is 0.00331. The van der Waals surface area contributed by atoms with Crippen LogP contribution in [-0.4, -0.2) is 48.6 Å². The summed E-state index contributed by atoms with van der Waals surface area (Å²) in [7, 11) is 0. The second-order valence-electron chi connectivity index (χ2n) is 7.90. The number of carbonyl (C=O) groups excluding carboxylic acids is 1. The van der Waals surface area contributed by atoms with Crippen LogP contribution in [0, 0.1) is 13.8 Å². The van der Waals surface area contributed by atoms with Crippen molar-refractivity contribution in [1.29, 1.82) is 0 Å². The molecule has 0 spiro atoms. The Morgan fingerprint density at radius 3 is 2.58 bits per heavy atom. The van der Waals surface area contributed by atoms with Crippen molar-refractivity contribution >= 4 is 5.91 Å². The summed E-state index contributed by atoms with van der Waals surface area (Å²) in [6.45, 7) is 7.49. The van der Waals surface area contributed by atoms with E-state index in [4.69, 9.17) is 13.6 Å². The van der Waals surface area contributed by atoms with Crippen molar-refractivity contribution in [2.75, 3.05) is 32.8 Å². The number of rotatable bonds is 8. The van der Waals surface area contributed by atoms with E-state index in [1.54, 1.807) is 6.20 Å². The number of amides is 1. The van der Waals surface area contributed by atoms with Crippen LogP contribution < -0.4 is 5.32 Å². The number of carbonyl (C=O) groups is 1. The van der Waals surface area contributed by atoms with E-state index in [-0.39, 0.29) is 11.9 Å². The fourth-order valence-electron chi connectivity index (χ4n) is 3.73. The molecule has 31 heavy (non-hydrogen) atoms. The molecule has 1 aromatic carbocycles. The van der Waals surface area contributed by atoms with Crippen molar-refractivity contribution in [2.24, 2.45) is 0 Å². The minimum atomic E-state index is -0.0309. The van der Waals surface area contributed by atoms with Crippen LogP contribution in [0.15, 0.2) is 51.4 Å². The Balaban J connectivity index is 1.31. The van der Waals surface area contributed by atoms with Gasteiger partial charge in [0.2, 0.25) is 5.91 Å². The zero-order valence-corrected chi connectivity index (χ0v) is 18.1. The van der Waals surface area contributed by atoms with E-state index in [1.807, 2.05) is 50.2 Å². The van der Waals surface area contributed by atoms with Crippen LogP contribution in [0.3, 0.4) is 0 Å². The molecule has 3 heterocycles. The fourth-order valence-corrected chi connectivity index (χ4v) is 3.73. The third-order valence-electron chi connectivity index (χ3n) is 5.52. The maximum atomic E-state index is 12.5. The second kappa shape index (κ2) is 9.94. The summed E-state index contributed by atoms with van der Waals surface area (Å²) in [5.41, 5.74) is 2.18. The number of hydrogen-bond donors (Lipinski definition) is 1.